The Bertz CT molecular complexity index is 537. The van der Waals surface area contributed by atoms with Gasteiger partial charge in [0.25, 0.3) is 0 Å². The molecule has 0 bridgehead atoms. The van der Waals surface area contributed by atoms with Crippen molar-refractivity contribution in [3.63, 3.8) is 0 Å². The van der Waals surface area contributed by atoms with Crippen molar-refractivity contribution >= 4 is 17.4 Å². The van der Waals surface area contributed by atoms with Gasteiger partial charge >= 0.3 is 0 Å². The first-order valence-electron chi connectivity index (χ1n) is 5.25. The number of aryl methyl sites for hydroxylation is 1. The Balaban J connectivity index is 2.66. The number of hydrogen-bond acceptors (Lipinski definition) is 4. The summed E-state index contributed by atoms with van der Waals surface area (Å²) in [5, 5.41) is 4.39. The van der Waals surface area contributed by atoms with E-state index in [0.717, 1.165) is 16.9 Å². The molecule has 5 heteroatoms. The molecule has 90 valence electrons. The van der Waals surface area contributed by atoms with Crippen molar-refractivity contribution < 1.29 is 9.26 Å². The number of ether oxygens (including phenoxy) is 1. The molecular formula is C12H13ClN2O2. The fraction of sp³-hybridized carbons (Fsp3) is 0.250. The summed E-state index contributed by atoms with van der Waals surface area (Å²) < 4.78 is 10.5. The number of aromatic nitrogens is 1. The minimum absolute atomic E-state index is 0.349. The maximum Gasteiger partial charge on any atom is 0.175 e. The van der Waals surface area contributed by atoms with E-state index in [-0.39, 0.29) is 0 Å². The second-order valence-corrected chi connectivity index (χ2v) is 4.00. The van der Waals surface area contributed by atoms with E-state index in [1.807, 2.05) is 6.92 Å². The Morgan fingerprint density at radius 2 is 2.24 bits per heavy atom. The highest BCUT2D eigenvalue weighted by Gasteiger charge is 2.18. The molecule has 0 aliphatic carbocycles. The van der Waals surface area contributed by atoms with Gasteiger partial charge in [0, 0.05) is 17.0 Å². The third kappa shape index (κ3) is 2.08. The summed E-state index contributed by atoms with van der Waals surface area (Å²) in [6.45, 7) is 1.97. The summed E-state index contributed by atoms with van der Waals surface area (Å²) in [6, 6.07) is 5.35. The van der Waals surface area contributed by atoms with E-state index in [0.29, 0.717) is 23.0 Å². The van der Waals surface area contributed by atoms with Crippen LogP contribution in [0.4, 0.5) is 5.82 Å². The molecule has 1 heterocycles. The monoisotopic (exact) mass is 252 g/mol. The molecule has 0 unspecified atom stereocenters. The minimum atomic E-state index is 0.349. The number of halogens is 1. The third-order valence-corrected chi connectivity index (χ3v) is 2.78. The zero-order chi connectivity index (χ0) is 12.4. The van der Waals surface area contributed by atoms with Gasteiger partial charge in [-0.2, -0.15) is 0 Å². The number of nitrogens with two attached hydrogens (primary N) is 1. The zero-order valence-electron chi connectivity index (χ0n) is 9.66. The first-order valence-corrected chi connectivity index (χ1v) is 5.63. The number of nitrogens with zero attached hydrogens (tertiary/aromatic N) is 1. The fourth-order valence-corrected chi connectivity index (χ4v) is 1.92. The number of hydrogen-bond donors (Lipinski definition) is 1. The van der Waals surface area contributed by atoms with Crippen molar-refractivity contribution in [3.05, 3.63) is 29.0 Å². The van der Waals surface area contributed by atoms with Gasteiger partial charge < -0.3 is 15.0 Å². The average molecular weight is 253 g/mol. The summed E-state index contributed by atoms with van der Waals surface area (Å²) >= 11 is 5.99. The van der Waals surface area contributed by atoms with Crippen molar-refractivity contribution in [1.29, 1.82) is 0 Å². The van der Waals surface area contributed by atoms with Crippen LogP contribution in [0.3, 0.4) is 0 Å². The van der Waals surface area contributed by atoms with Crippen LogP contribution in [-0.2, 0) is 6.42 Å². The Morgan fingerprint density at radius 3 is 2.88 bits per heavy atom. The highest BCUT2D eigenvalue weighted by atomic mass is 35.5. The number of nitrogen functional groups attached to an aromatic ring is 1. The van der Waals surface area contributed by atoms with Crippen molar-refractivity contribution in [3.8, 4) is 16.9 Å². The van der Waals surface area contributed by atoms with E-state index in [1.54, 1.807) is 25.3 Å². The van der Waals surface area contributed by atoms with Crippen molar-refractivity contribution in [1.82, 2.24) is 5.16 Å². The van der Waals surface area contributed by atoms with Gasteiger partial charge in [-0.15, -0.1) is 0 Å². The van der Waals surface area contributed by atoms with Crippen LogP contribution in [0.5, 0.6) is 5.75 Å². The first-order chi connectivity index (χ1) is 8.17. The van der Waals surface area contributed by atoms with Crippen LogP contribution in [0.25, 0.3) is 11.1 Å². The van der Waals surface area contributed by atoms with Crippen LogP contribution in [0, 0.1) is 0 Å². The maximum atomic E-state index is 5.99. The lowest BCUT2D eigenvalue weighted by atomic mass is 10.0. The predicted octanol–water partition coefficient (Wildman–Crippen LogP) is 3.15. The molecule has 4 nitrogen and oxygen atoms in total. The Kier molecular flexibility index (Phi) is 3.24. The standard InChI is InChI=1S/C12H13ClN2O2/c1-3-9-11(12(14)15-17-9)8-6-7(13)4-5-10(8)16-2/h4-6H,3H2,1-2H3,(H2,14,15). The van der Waals surface area contributed by atoms with E-state index in [4.69, 9.17) is 26.6 Å². The molecule has 2 aromatic rings. The second-order valence-electron chi connectivity index (χ2n) is 3.56. The summed E-state index contributed by atoms with van der Waals surface area (Å²) in [6.07, 6.45) is 0.704. The molecular weight excluding hydrogens is 240 g/mol. The van der Waals surface area contributed by atoms with Crippen molar-refractivity contribution in [2.24, 2.45) is 0 Å². The molecule has 2 rings (SSSR count). The smallest absolute Gasteiger partial charge is 0.175 e. The van der Waals surface area contributed by atoms with Crippen molar-refractivity contribution in [2.45, 2.75) is 13.3 Å². The first kappa shape index (κ1) is 11.8. The van der Waals surface area contributed by atoms with Gasteiger partial charge in [-0.3, -0.25) is 0 Å². The highest BCUT2D eigenvalue weighted by Crippen LogP contribution is 2.38. The molecule has 17 heavy (non-hydrogen) atoms. The van der Waals surface area contributed by atoms with E-state index < -0.39 is 0 Å². The number of rotatable bonds is 3. The van der Waals surface area contributed by atoms with Gasteiger partial charge in [0.1, 0.15) is 11.5 Å². The molecule has 0 saturated carbocycles. The van der Waals surface area contributed by atoms with Gasteiger partial charge in [0.15, 0.2) is 5.82 Å². The zero-order valence-corrected chi connectivity index (χ0v) is 10.4. The molecule has 0 aliphatic heterocycles. The van der Waals surface area contributed by atoms with E-state index in [9.17, 15) is 0 Å². The van der Waals surface area contributed by atoms with Crippen LogP contribution in [-0.4, -0.2) is 12.3 Å². The summed E-state index contributed by atoms with van der Waals surface area (Å²) in [7, 11) is 1.60. The molecule has 0 spiro atoms. The Labute approximate surface area is 104 Å². The summed E-state index contributed by atoms with van der Waals surface area (Å²) in [5.41, 5.74) is 7.38. The second kappa shape index (κ2) is 4.67. The predicted molar refractivity (Wildman–Crippen MR) is 67.3 cm³/mol. The number of methoxy groups -OCH3 is 1. The van der Waals surface area contributed by atoms with E-state index >= 15 is 0 Å². The lowest BCUT2D eigenvalue weighted by Gasteiger charge is -2.08. The average Bonchev–Trinajstić information content (AvgIpc) is 2.70. The SMILES string of the molecule is CCc1onc(N)c1-c1cc(Cl)ccc1OC. The third-order valence-electron chi connectivity index (χ3n) is 2.54. The van der Waals surface area contributed by atoms with Crippen molar-refractivity contribution in [2.75, 3.05) is 12.8 Å². The van der Waals surface area contributed by atoms with E-state index in [2.05, 4.69) is 5.16 Å². The fourth-order valence-electron chi connectivity index (χ4n) is 1.74. The number of benzene rings is 1. The molecule has 0 saturated heterocycles. The van der Waals surface area contributed by atoms with Gasteiger partial charge in [0.2, 0.25) is 0 Å². The highest BCUT2D eigenvalue weighted by molar-refractivity contribution is 6.31. The number of anilines is 1. The lowest BCUT2D eigenvalue weighted by Crippen LogP contribution is -1.93. The molecule has 0 amide bonds. The largest absolute Gasteiger partial charge is 0.496 e. The minimum Gasteiger partial charge on any atom is -0.496 e. The van der Waals surface area contributed by atoms with Gasteiger partial charge in [-0.1, -0.05) is 23.7 Å². The summed E-state index contributed by atoms with van der Waals surface area (Å²) in [5.74, 6) is 1.77. The normalized spacial score (nSPS) is 10.5. The molecule has 1 aromatic carbocycles. The van der Waals surface area contributed by atoms with Crippen LogP contribution in [0.2, 0.25) is 5.02 Å². The quantitative estimate of drug-likeness (QED) is 0.912. The molecule has 1 aromatic heterocycles. The molecule has 0 atom stereocenters. The van der Waals surface area contributed by atoms with Gasteiger partial charge in [-0.05, 0) is 18.2 Å². The molecule has 2 N–H and O–H groups in total. The van der Waals surface area contributed by atoms with Crippen LogP contribution >= 0.6 is 11.6 Å². The maximum absolute atomic E-state index is 5.99. The van der Waals surface area contributed by atoms with Gasteiger partial charge in [0.05, 0.1) is 12.7 Å². The van der Waals surface area contributed by atoms with Gasteiger partial charge in [-0.25, -0.2) is 0 Å². The van der Waals surface area contributed by atoms with Crippen LogP contribution in [0.1, 0.15) is 12.7 Å². The molecule has 0 radical (unpaired) electrons. The Morgan fingerprint density at radius 1 is 1.47 bits per heavy atom. The molecule has 0 fully saturated rings. The molecule has 0 aliphatic rings. The van der Waals surface area contributed by atoms with E-state index in [1.165, 1.54) is 0 Å². The van der Waals surface area contributed by atoms with Crippen LogP contribution < -0.4 is 10.5 Å². The Hall–Kier alpha value is -1.68. The topological polar surface area (TPSA) is 61.3 Å². The lowest BCUT2D eigenvalue weighted by molar-refractivity contribution is 0.389. The summed E-state index contributed by atoms with van der Waals surface area (Å²) in [4.78, 5) is 0. The van der Waals surface area contributed by atoms with Crippen LogP contribution in [0.15, 0.2) is 22.7 Å².